The van der Waals surface area contributed by atoms with Gasteiger partial charge in [-0.3, -0.25) is 9.59 Å². The largest absolute Gasteiger partial charge is 0.455 e. The maximum absolute atomic E-state index is 11.8. The molecule has 0 radical (unpaired) electrons. The van der Waals surface area contributed by atoms with Crippen LogP contribution in [0.15, 0.2) is 47.4 Å². The molecule has 0 saturated heterocycles. The number of ether oxygens (including phenoxy) is 1. The number of thioether (sulfide) groups is 1. The summed E-state index contributed by atoms with van der Waals surface area (Å²) in [7, 11) is 0. The van der Waals surface area contributed by atoms with Crippen LogP contribution in [0.2, 0.25) is 5.02 Å². The molecule has 2 rings (SSSR count). The minimum Gasteiger partial charge on any atom is -0.455 e. The minimum absolute atomic E-state index is 0.161. The highest BCUT2D eigenvalue weighted by molar-refractivity contribution is 8.00. The zero-order valence-corrected chi connectivity index (χ0v) is 15.0. The van der Waals surface area contributed by atoms with Crippen LogP contribution in [-0.4, -0.2) is 24.2 Å². The molecule has 0 atom stereocenters. The molecule has 0 unspecified atom stereocenters. The van der Waals surface area contributed by atoms with Crippen LogP contribution in [0.3, 0.4) is 0 Å². The summed E-state index contributed by atoms with van der Waals surface area (Å²) < 4.78 is 4.99. The van der Waals surface area contributed by atoms with Crippen LogP contribution in [0.4, 0.5) is 5.69 Å². The lowest BCUT2D eigenvalue weighted by Gasteiger charge is -2.08. The number of carbonyl (C=O) groups excluding carboxylic acids is 2. The fourth-order valence-electron chi connectivity index (χ4n) is 1.91. The number of halogens is 1. The Morgan fingerprint density at radius 1 is 1.12 bits per heavy atom. The van der Waals surface area contributed by atoms with Gasteiger partial charge in [-0.15, -0.1) is 11.8 Å². The molecular formula is C18H18ClNO3S. The van der Waals surface area contributed by atoms with Gasteiger partial charge in [0.05, 0.1) is 5.75 Å². The van der Waals surface area contributed by atoms with Gasteiger partial charge in [0.2, 0.25) is 0 Å². The third-order valence-electron chi connectivity index (χ3n) is 3.26. The predicted molar refractivity (Wildman–Crippen MR) is 97.7 cm³/mol. The van der Waals surface area contributed by atoms with E-state index in [4.69, 9.17) is 16.3 Å². The van der Waals surface area contributed by atoms with E-state index in [1.165, 1.54) is 11.8 Å². The van der Waals surface area contributed by atoms with Crippen molar-refractivity contribution < 1.29 is 14.3 Å². The second-order valence-corrected chi connectivity index (χ2v) is 6.65. The van der Waals surface area contributed by atoms with E-state index in [0.29, 0.717) is 10.7 Å². The highest BCUT2D eigenvalue weighted by Gasteiger charge is 2.10. The zero-order chi connectivity index (χ0) is 17.5. The van der Waals surface area contributed by atoms with Gasteiger partial charge in [-0.05, 0) is 43.2 Å². The van der Waals surface area contributed by atoms with Crippen LogP contribution in [0, 0.1) is 13.8 Å². The van der Waals surface area contributed by atoms with Gasteiger partial charge in [0.15, 0.2) is 6.61 Å². The van der Waals surface area contributed by atoms with Crippen LogP contribution in [0.5, 0.6) is 0 Å². The molecule has 0 fully saturated rings. The van der Waals surface area contributed by atoms with Crippen molar-refractivity contribution in [2.75, 3.05) is 17.7 Å². The molecule has 2 aromatic carbocycles. The summed E-state index contributed by atoms with van der Waals surface area (Å²) in [6.45, 7) is 3.54. The molecule has 6 heteroatoms. The van der Waals surface area contributed by atoms with E-state index in [1.54, 1.807) is 12.1 Å². The van der Waals surface area contributed by atoms with Crippen molar-refractivity contribution in [2.45, 2.75) is 18.7 Å². The smallest absolute Gasteiger partial charge is 0.316 e. The maximum atomic E-state index is 11.8. The van der Waals surface area contributed by atoms with Gasteiger partial charge in [-0.2, -0.15) is 0 Å². The number of anilines is 1. The second-order valence-electron chi connectivity index (χ2n) is 5.23. The number of nitrogens with one attached hydrogen (secondary N) is 1. The molecule has 0 saturated carbocycles. The van der Waals surface area contributed by atoms with Crippen molar-refractivity contribution in [3.8, 4) is 0 Å². The summed E-state index contributed by atoms with van der Waals surface area (Å²) >= 11 is 7.39. The topological polar surface area (TPSA) is 55.4 Å². The lowest BCUT2D eigenvalue weighted by molar-refractivity contribution is -0.144. The molecule has 1 amide bonds. The lowest BCUT2D eigenvalue weighted by Crippen LogP contribution is -2.21. The van der Waals surface area contributed by atoms with Gasteiger partial charge in [-0.25, -0.2) is 0 Å². The number of hydrogen-bond acceptors (Lipinski definition) is 4. The number of carbonyl (C=O) groups is 2. The molecule has 1 N–H and O–H groups in total. The van der Waals surface area contributed by atoms with Gasteiger partial charge in [0.25, 0.3) is 5.91 Å². The van der Waals surface area contributed by atoms with Crippen molar-refractivity contribution in [2.24, 2.45) is 0 Å². The fourth-order valence-corrected chi connectivity index (χ4v) is 2.92. The van der Waals surface area contributed by atoms with E-state index in [0.717, 1.165) is 16.0 Å². The summed E-state index contributed by atoms with van der Waals surface area (Å²) in [4.78, 5) is 24.6. The summed E-state index contributed by atoms with van der Waals surface area (Å²) in [5, 5.41) is 3.21. The van der Waals surface area contributed by atoms with Crippen LogP contribution < -0.4 is 5.32 Å². The Bertz CT molecular complexity index is 749. The standard InChI is InChI=1S/C18H18ClNO3S/c1-12-7-8-14(9-15(12)19)20-17(21)10-23-18(22)11-24-16-6-4-3-5-13(16)2/h3-9H,10-11H2,1-2H3,(H,20,21). The monoisotopic (exact) mass is 363 g/mol. The van der Waals surface area contributed by atoms with E-state index in [-0.39, 0.29) is 12.4 Å². The Morgan fingerprint density at radius 2 is 1.88 bits per heavy atom. The Morgan fingerprint density at radius 3 is 2.58 bits per heavy atom. The van der Waals surface area contributed by atoms with Gasteiger partial charge in [0, 0.05) is 15.6 Å². The maximum Gasteiger partial charge on any atom is 0.316 e. The quantitative estimate of drug-likeness (QED) is 0.616. The van der Waals surface area contributed by atoms with E-state index in [1.807, 2.05) is 44.2 Å². The molecule has 4 nitrogen and oxygen atoms in total. The van der Waals surface area contributed by atoms with Crippen LogP contribution >= 0.6 is 23.4 Å². The molecule has 0 bridgehead atoms. The Balaban J connectivity index is 1.76. The Kier molecular flexibility index (Phi) is 6.70. The fraction of sp³-hybridized carbons (Fsp3) is 0.222. The van der Waals surface area contributed by atoms with Gasteiger partial charge < -0.3 is 10.1 Å². The first-order valence-electron chi connectivity index (χ1n) is 7.36. The average Bonchev–Trinajstić information content (AvgIpc) is 2.55. The molecule has 126 valence electrons. The molecule has 0 aliphatic carbocycles. The van der Waals surface area contributed by atoms with E-state index in [9.17, 15) is 9.59 Å². The molecule has 0 spiro atoms. The van der Waals surface area contributed by atoms with Crippen molar-refractivity contribution in [1.29, 1.82) is 0 Å². The number of amides is 1. The molecular weight excluding hydrogens is 346 g/mol. The SMILES string of the molecule is Cc1ccc(NC(=O)COC(=O)CSc2ccccc2C)cc1Cl. The van der Waals surface area contributed by atoms with E-state index in [2.05, 4.69) is 5.32 Å². The predicted octanol–water partition coefficient (Wildman–Crippen LogP) is 4.23. The van der Waals surface area contributed by atoms with Crippen LogP contribution in [0.1, 0.15) is 11.1 Å². The molecule has 0 aliphatic rings. The third-order valence-corrected chi connectivity index (χ3v) is 4.82. The number of rotatable bonds is 6. The summed E-state index contributed by atoms with van der Waals surface area (Å²) in [6.07, 6.45) is 0. The molecule has 0 aliphatic heterocycles. The number of aryl methyl sites for hydroxylation is 2. The first kappa shape index (κ1) is 18.4. The van der Waals surface area contributed by atoms with Crippen LogP contribution in [-0.2, 0) is 14.3 Å². The molecule has 0 heterocycles. The highest BCUT2D eigenvalue weighted by Crippen LogP contribution is 2.22. The van der Waals surface area contributed by atoms with Gasteiger partial charge in [-0.1, -0.05) is 35.9 Å². The second kappa shape index (κ2) is 8.76. The minimum atomic E-state index is -0.430. The number of esters is 1. The van der Waals surface area contributed by atoms with Crippen molar-refractivity contribution in [3.63, 3.8) is 0 Å². The molecule has 2 aromatic rings. The highest BCUT2D eigenvalue weighted by atomic mass is 35.5. The summed E-state index contributed by atoms with van der Waals surface area (Å²) in [6, 6.07) is 13.0. The van der Waals surface area contributed by atoms with Gasteiger partial charge >= 0.3 is 5.97 Å². The zero-order valence-electron chi connectivity index (χ0n) is 13.5. The van der Waals surface area contributed by atoms with Crippen molar-refractivity contribution in [1.82, 2.24) is 0 Å². The van der Waals surface area contributed by atoms with E-state index < -0.39 is 11.9 Å². The van der Waals surface area contributed by atoms with E-state index >= 15 is 0 Å². The number of benzene rings is 2. The van der Waals surface area contributed by atoms with Gasteiger partial charge in [0.1, 0.15) is 0 Å². The Hall–Kier alpha value is -1.98. The number of hydrogen-bond donors (Lipinski definition) is 1. The summed E-state index contributed by atoms with van der Waals surface area (Å²) in [5.74, 6) is -0.668. The Labute approximate surface area is 150 Å². The lowest BCUT2D eigenvalue weighted by atomic mass is 10.2. The first-order chi connectivity index (χ1) is 11.5. The van der Waals surface area contributed by atoms with Crippen molar-refractivity contribution >= 4 is 40.9 Å². The molecule has 24 heavy (non-hydrogen) atoms. The average molecular weight is 364 g/mol. The first-order valence-corrected chi connectivity index (χ1v) is 8.72. The van der Waals surface area contributed by atoms with Crippen LogP contribution in [0.25, 0.3) is 0 Å². The molecule has 0 aromatic heterocycles. The third kappa shape index (κ3) is 5.58. The summed E-state index contributed by atoms with van der Waals surface area (Å²) in [5.41, 5.74) is 2.60. The normalized spacial score (nSPS) is 10.3. The van der Waals surface area contributed by atoms with Crippen molar-refractivity contribution in [3.05, 3.63) is 58.6 Å².